The number of benzene rings is 2. The van der Waals surface area contributed by atoms with Gasteiger partial charge in [0.05, 0.1) is 11.3 Å². The van der Waals surface area contributed by atoms with Crippen molar-refractivity contribution in [2.24, 2.45) is 4.40 Å². The van der Waals surface area contributed by atoms with Crippen LogP contribution in [0.25, 0.3) is 0 Å². The highest BCUT2D eigenvalue weighted by molar-refractivity contribution is 7.90. The smallest absolute Gasteiger partial charge is 0.338 e. The maximum atomic E-state index is 12.8. The molecule has 0 saturated carbocycles. The Bertz CT molecular complexity index is 1280. The first-order valence-corrected chi connectivity index (χ1v) is 12.5. The van der Waals surface area contributed by atoms with Crippen molar-refractivity contribution in [2.45, 2.75) is 50.5 Å². The second kappa shape index (κ2) is 9.38. The number of amides is 1. The summed E-state index contributed by atoms with van der Waals surface area (Å²) in [6, 6.07) is 10.7. The molecule has 1 atom stereocenters. The second-order valence-electron chi connectivity index (χ2n) is 8.30. The van der Waals surface area contributed by atoms with Crippen molar-refractivity contribution in [3.63, 3.8) is 0 Å². The molecule has 2 heterocycles. The third-order valence-electron chi connectivity index (χ3n) is 5.80. The van der Waals surface area contributed by atoms with E-state index >= 15 is 0 Å². The van der Waals surface area contributed by atoms with E-state index in [1.54, 1.807) is 30.3 Å². The summed E-state index contributed by atoms with van der Waals surface area (Å²) >= 11 is 0. The summed E-state index contributed by atoms with van der Waals surface area (Å²) in [7, 11) is -3.94. The number of nitrogens with zero attached hydrogens (tertiary/aromatic N) is 2. The highest BCUT2D eigenvalue weighted by atomic mass is 32.2. The van der Waals surface area contributed by atoms with Crippen LogP contribution in [0.2, 0.25) is 0 Å². The molecule has 0 aliphatic carbocycles. The molecule has 0 bridgehead atoms. The van der Waals surface area contributed by atoms with Gasteiger partial charge in [0.15, 0.2) is 11.9 Å². The van der Waals surface area contributed by atoms with Gasteiger partial charge in [-0.05, 0) is 69.2 Å². The molecule has 10 heteroatoms. The predicted molar refractivity (Wildman–Crippen MR) is 127 cm³/mol. The molecule has 4 rings (SSSR count). The number of fused-ring (bicyclic) bond motifs is 3. The third-order valence-corrected chi connectivity index (χ3v) is 7.13. The number of nitrogens with one attached hydrogen (secondary N) is 1. The monoisotopic (exact) mass is 483 g/mol. The highest BCUT2D eigenvalue weighted by Crippen LogP contribution is 2.35. The molecule has 178 valence electrons. The Balaban J connectivity index is 1.48. The second-order valence-corrected chi connectivity index (χ2v) is 9.87. The number of Topliss-reactive ketones (excluding diaryl/α,β-unsaturated/α-hetero) is 1. The fraction of sp³-hybridized carbons (Fsp3) is 0.333. The summed E-state index contributed by atoms with van der Waals surface area (Å²) in [6.45, 7) is 3.52. The van der Waals surface area contributed by atoms with E-state index in [0.717, 1.165) is 19.3 Å². The van der Waals surface area contributed by atoms with E-state index in [2.05, 4.69) is 9.71 Å². The molecule has 9 nitrogen and oxygen atoms in total. The number of esters is 1. The number of ether oxygens (including phenoxy) is 1. The minimum atomic E-state index is -3.94. The van der Waals surface area contributed by atoms with Crippen LogP contribution in [0, 0.1) is 0 Å². The van der Waals surface area contributed by atoms with Crippen LogP contribution in [0.4, 0.5) is 11.4 Å². The fourth-order valence-electron chi connectivity index (χ4n) is 3.92. The first-order chi connectivity index (χ1) is 16.2. The quantitative estimate of drug-likeness (QED) is 0.510. The van der Waals surface area contributed by atoms with Crippen LogP contribution in [0.1, 0.15) is 60.2 Å². The van der Waals surface area contributed by atoms with Crippen LogP contribution in [0.3, 0.4) is 0 Å². The molecular weight excluding hydrogens is 458 g/mol. The van der Waals surface area contributed by atoms with Gasteiger partial charge < -0.3 is 15.0 Å². The van der Waals surface area contributed by atoms with E-state index in [-0.39, 0.29) is 16.2 Å². The standard InChI is InChI=1S/C24H25N3O6S/c1-15(28)17-7-10-19(11-8-17)25-23(29)16(2)33-24(30)18-9-12-20-21(14-18)34(31,32)26-22-6-4-3-5-13-27(20)22/h7-12,14,16H,3-6,13H2,1-2H3,(H,25,29)/t16-/m1/s1. The van der Waals surface area contributed by atoms with Crippen molar-refractivity contribution < 1.29 is 27.5 Å². The molecule has 0 spiro atoms. The van der Waals surface area contributed by atoms with Crippen molar-refractivity contribution in [1.29, 1.82) is 0 Å². The average molecular weight is 484 g/mol. The molecule has 34 heavy (non-hydrogen) atoms. The Morgan fingerprint density at radius 1 is 1.03 bits per heavy atom. The Labute approximate surface area is 197 Å². The molecule has 1 fully saturated rings. The van der Waals surface area contributed by atoms with Gasteiger partial charge in [0.1, 0.15) is 10.7 Å². The number of amidine groups is 1. The van der Waals surface area contributed by atoms with E-state index < -0.39 is 28.0 Å². The largest absolute Gasteiger partial charge is 0.449 e. The van der Waals surface area contributed by atoms with Gasteiger partial charge in [0.2, 0.25) is 0 Å². The minimum absolute atomic E-state index is 0.0151. The molecule has 2 aromatic rings. The Morgan fingerprint density at radius 2 is 1.74 bits per heavy atom. The SMILES string of the molecule is CC(=O)c1ccc(NC(=O)[C@@H](C)OC(=O)c2ccc3c(c2)S(=O)(=O)N=C2CCCCCN23)cc1. The number of carbonyl (C=O) groups excluding carboxylic acids is 3. The maximum absolute atomic E-state index is 12.8. The summed E-state index contributed by atoms with van der Waals surface area (Å²) in [6.07, 6.45) is 2.25. The molecule has 0 aromatic heterocycles. The van der Waals surface area contributed by atoms with Crippen molar-refractivity contribution in [3.05, 3.63) is 53.6 Å². The molecular formula is C24H25N3O6S. The maximum Gasteiger partial charge on any atom is 0.338 e. The topological polar surface area (TPSA) is 122 Å². The lowest BCUT2D eigenvalue weighted by molar-refractivity contribution is -0.123. The van der Waals surface area contributed by atoms with Crippen LogP contribution >= 0.6 is 0 Å². The fourth-order valence-corrected chi connectivity index (χ4v) is 5.21. The van der Waals surface area contributed by atoms with Gasteiger partial charge >= 0.3 is 5.97 Å². The number of sulfonamides is 1. The molecule has 1 N–H and O–H groups in total. The van der Waals surface area contributed by atoms with Gasteiger partial charge in [-0.1, -0.05) is 6.42 Å². The first-order valence-electron chi connectivity index (χ1n) is 11.0. The number of hydrogen-bond donors (Lipinski definition) is 1. The molecule has 2 aliphatic heterocycles. The van der Waals surface area contributed by atoms with E-state index in [1.165, 1.54) is 26.0 Å². The van der Waals surface area contributed by atoms with Crippen LogP contribution in [0.15, 0.2) is 51.8 Å². The van der Waals surface area contributed by atoms with Gasteiger partial charge in [-0.2, -0.15) is 8.42 Å². The van der Waals surface area contributed by atoms with Gasteiger partial charge in [-0.15, -0.1) is 4.40 Å². The van der Waals surface area contributed by atoms with Gasteiger partial charge in [-0.25, -0.2) is 4.79 Å². The minimum Gasteiger partial charge on any atom is -0.449 e. The van der Waals surface area contributed by atoms with Gasteiger partial charge in [0.25, 0.3) is 15.9 Å². The lowest BCUT2D eigenvalue weighted by Crippen LogP contribution is -2.35. The average Bonchev–Trinajstić information content (AvgIpc) is 3.04. The summed E-state index contributed by atoms with van der Waals surface area (Å²) in [5, 5.41) is 2.62. The number of carbonyl (C=O) groups is 3. The van der Waals surface area contributed by atoms with E-state index in [4.69, 9.17) is 4.74 Å². The van der Waals surface area contributed by atoms with Crippen LogP contribution in [-0.2, 0) is 19.6 Å². The summed E-state index contributed by atoms with van der Waals surface area (Å²) in [5.74, 6) is -0.946. The molecule has 1 amide bonds. The zero-order valence-corrected chi connectivity index (χ0v) is 19.7. The van der Waals surface area contributed by atoms with Crippen LogP contribution in [0.5, 0.6) is 0 Å². The molecule has 2 aromatic carbocycles. The zero-order chi connectivity index (χ0) is 24.5. The first kappa shape index (κ1) is 23.6. The Morgan fingerprint density at radius 3 is 2.44 bits per heavy atom. The molecule has 0 radical (unpaired) electrons. The zero-order valence-electron chi connectivity index (χ0n) is 18.9. The summed E-state index contributed by atoms with van der Waals surface area (Å²) in [5.41, 5.74) is 1.48. The van der Waals surface area contributed by atoms with E-state index in [9.17, 15) is 22.8 Å². The normalized spacial score (nSPS) is 17.4. The lowest BCUT2D eigenvalue weighted by atomic mass is 10.1. The Kier molecular flexibility index (Phi) is 6.52. The number of ketones is 1. The number of hydrogen-bond acceptors (Lipinski definition) is 7. The van der Waals surface area contributed by atoms with Crippen molar-refractivity contribution in [1.82, 2.24) is 0 Å². The van der Waals surface area contributed by atoms with E-state index in [0.29, 0.717) is 35.7 Å². The summed E-state index contributed by atoms with van der Waals surface area (Å²) in [4.78, 5) is 38.3. The summed E-state index contributed by atoms with van der Waals surface area (Å²) < 4.78 is 34.8. The van der Waals surface area contributed by atoms with Crippen LogP contribution in [-0.4, -0.2) is 44.6 Å². The lowest BCUT2D eigenvalue weighted by Gasteiger charge is -2.29. The predicted octanol–water partition coefficient (Wildman–Crippen LogP) is 3.55. The number of anilines is 2. The molecule has 2 aliphatic rings. The van der Waals surface area contributed by atoms with Crippen molar-refractivity contribution in [2.75, 3.05) is 16.8 Å². The Hall–Kier alpha value is -3.53. The molecule has 1 saturated heterocycles. The van der Waals surface area contributed by atoms with Gasteiger partial charge in [-0.3, -0.25) is 9.59 Å². The van der Waals surface area contributed by atoms with Crippen molar-refractivity contribution >= 4 is 44.9 Å². The highest BCUT2D eigenvalue weighted by Gasteiger charge is 2.32. The van der Waals surface area contributed by atoms with Crippen molar-refractivity contribution in [3.8, 4) is 0 Å². The van der Waals surface area contributed by atoms with Gasteiger partial charge in [0, 0.05) is 24.2 Å². The van der Waals surface area contributed by atoms with E-state index in [1.807, 2.05) is 4.90 Å². The number of rotatable bonds is 5. The molecule has 0 unspecified atom stereocenters. The third kappa shape index (κ3) is 4.86. The van der Waals surface area contributed by atoms with Crippen LogP contribution < -0.4 is 10.2 Å².